The Morgan fingerprint density at radius 2 is 1.87 bits per heavy atom. The summed E-state index contributed by atoms with van der Waals surface area (Å²) in [5.74, 6) is -2.63. The molecule has 1 aromatic heterocycles. The number of rotatable bonds is 14. The number of unbranched alkanes of at least 4 members (excludes halogenated alkanes) is 1. The molecule has 0 radical (unpaired) electrons. The van der Waals surface area contributed by atoms with Gasteiger partial charge in [0.1, 0.15) is 18.1 Å². The Morgan fingerprint density at radius 1 is 1.11 bits per heavy atom. The number of carbonyl (C=O) groups excluding carboxylic acids is 3. The number of carboxylic acid groups (broad SMARTS) is 1. The summed E-state index contributed by atoms with van der Waals surface area (Å²) >= 11 is 0. The van der Waals surface area contributed by atoms with Crippen molar-refractivity contribution in [1.29, 1.82) is 0 Å². The zero-order valence-corrected chi connectivity index (χ0v) is 21.3. The molecule has 0 spiro atoms. The number of aromatic amines is 1. The molecule has 2 aromatic rings. The maximum atomic E-state index is 13.3. The van der Waals surface area contributed by atoms with Crippen molar-refractivity contribution in [3.63, 3.8) is 0 Å². The minimum absolute atomic E-state index is 0.0640. The smallest absolute Gasteiger partial charge is 0.326 e. The molecule has 4 unspecified atom stereocenters. The SMILES string of the molecule is NCCCCC(N)C(=O)N1CCCC1C(=O)NC(Cc1cnc[nH]1)C(=O)NC(Cc1ccccc1)C(=O)O. The minimum Gasteiger partial charge on any atom is -0.480 e. The zero-order valence-electron chi connectivity index (χ0n) is 21.3. The van der Waals surface area contributed by atoms with Gasteiger partial charge in [0.2, 0.25) is 17.7 Å². The highest BCUT2D eigenvalue weighted by Crippen LogP contribution is 2.20. The van der Waals surface area contributed by atoms with Crippen molar-refractivity contribution in [1.82, 2.24) is 25.5 Å². The Morgan fingerprint density at radius 3 is 2.53 bits per heavy atom. The van der Waals surface area contributed by atoms with E-state index in [1.807, 2.05) is 6.07 Å². The van der Waals surface area contributed by atoms with Gasteiger partial charge in [-0.05, 0) is 37.8 Å². The van der Waals surface area contributed by atoms with Crippen LogP contribution < -0.4 is 22.1 Å². The van der Waals surface area contributed by atoms with Crippen LogP contribution in [0.4, 0.5) is 0 Å². The van der Waals surface area contributed by atoms with Gasteiger partial charge in [-0.2, -0.15) is 0 Å². The van der Waals surface area contributed by atoms with E-state index in [2.05, 4.69) is 20.6 Å². The maximum absolute atomic E-state index is 13.3. The number of nitrogens with two attached hydrogens (primary N) is 2. The van der Waals surface area contributed by atoms with Crippen molar-refractivity contribution in [3.8, 4) is 0 Å². The van der Waals surface area contributed by atoms with Gasteiger partial charge < -0.3 is 37.1 Å². The first-order valence-electron chi connectivity index (χ1n) is 12.9. The molecule has 1 fully saturated rings. The van der Waals surface area contributed by atoms with E-state index >= 15 is 0 Å². The first-order chi connectivity index (χ1) is 18.3. The molecule has 0 bridgehead atoms. The molecule has 12 nitrogen and oxygen atoms in total. The summed E-state index contributed by atoms with van der Waals surface area (Å²) in [6.45, 7) is 0.917. The molecule has 1 saturated heterocycles. The van der Waals surface area contributed by atoms with E-state index in [4.69, 9.17) is 11.5 Å². The van der Waals surface area contributed by atoms with Gasteiger partial charge in [-0.15, -0.1) is 0 Å². The fourth-order valence-corrected chi connectivity index (χ4v) is 4.56. The van der Waals surface area contributed by atoms with Crippen LogP contribution in [0.5, 0.6) is 0 Å². The number of imidazole rings is 1. The summed E-state index contributed by atoms with van der Waals surface area (Å²) in [4.78, 5) is 59.8. The second-order valence-corrected chi connectivity index (χ2v) is 9.51. The van der Waals surface area contributed by atoms with Gasteiger partial charge in [0.15, 0.2) is 0 Å². The third-order valence-corrected chi connectivity index (χ3v) is 6.63. The predicted octanol–water partition coefficient (Wildman–Crippen LogP) is -0.304. The molecule has 2 heterocycles. The van der Waals surface area contributed by atoms with Crippen molar-refractivity contribution >= 4 is 23.7 Å². The molecular weight excluding hydrogens is 490 g/mol. The number of nitrogens with one attached hydrogen (secondary N) is 3. The monoisotopic (exact) mass is 527 g/mol. The molecule has 1 aromatic carbocycles. The third-order valence-electron chi connectivity index (χ3n) is 6.63. The molecule has 38 heavy (non-hydrogen) atoms. The Balaban J connectivity index is 1.70. The molecule has 4 atom stereocenters. The fourth-order valence-electron chi connectivity index (χ4n) is 4.56. The van der Waals surface area contributed by atoms with Crippen LogP contribution in [0.1, 0.15) is 43.4 Å². The minimum atomic E-state index is -1.19. The highest BCUT2D eigenvalue weighted by molar-refractivity contribution is 5.94. The zero-order chi connectivity index (χ0) is 27.5. The van der Waals surface area contributed by atoms with Crippen LogP contribution in [0.2, 0.25) is 0 Å². The molecule has 1 aliphatic rings. The number of aliphatic carboxylic acids is 1. The summed E-state index contributed by atoms with van der Waals surface area (Å²) in [5, 5.41) is 15.0. The molecule has 0 aliphatic carbocycles. The number of aromatic nitrogens is 2. The number of hydrogen-bond donors (Lipinski definition) is 6. The third kappa shape index (κ3) is 8.12. The normalized spacial score (nSPS) is 17.4. The van der Waals surface area contributed by atoms with E-state index < -0.39 is 42.0 Å². The van der Waals surface area contributed by atoms with E-state index in [0.29, 0.717) is 44.5 Å². The van der Waals surface area contributed by atoms with Gasteiger partial charge in [0.25, 0.3) is 0 Å². The number of likely N-dealkylation sites (tertiary alicyclic amines) is 1. The fraction of sp³-hybridized carbons (Fsp3) is 0.500. The first kappa shape index (κ1) is 28.8. The Labute approximate surface area is 221 Å². The lowest BCUT2D eigenvalue weighted by Gasteiger charge is -2.28. The quantitative estimate of drug-likeness (QED) is 0.180. The Hall–Kier alpha value is -3.77. The van der Waals surface area contributed by atoms with E-state index in [1.165, 1.54) is 17.4 Å². The Bertz CT molecular complexity index is 1060. The molecule has 3 amide bonds. The van der Waals surface area contributed by atoms with Crippen LogP contribution in [-0.4, -0.2) is 80.9 Å². The van der Waals surface area contributed by atoms with E-state index in [-0.39, 0.29) is 18.7 Å². The summed E-state index contributed by atoms with van der Waals surface area (Å²) in [6, 6.07) is 5.17. The van der Waals surface area contributed by atoms with Crippen LogP contribution in [0, 0.1) is 0 Å². The standard InChI is InChI=1S/C26H37N7O5/c27-11-5-4-9-19(28)25(36)33-12-6-10-22(33)24(35)31-20(14-18-15-29-16-30-18)23(34)32-21(26(37)38)13-17-7-2-1-3-8-17/h1-3,7-8,15-16,19-22H,4-6,9-14,27-28H2,(H,29,30)(H,31,35)(H,32,34)(H,37,38). The van der Waals surface area contributed by atoms with E-state index in [1.54, 1.807) is 24.3 Å². The van der Waals surface area contributed by atoms with Gasteiger partial charge in [0.05, 0.1) is 12.4 Å². The molecule has 8 N–H and O–H groups in total. The number of H-pyrrole nitrogens is 1. The summed E-state index contributed by atoms with van der Waals surface area (Å²) in [5.41, 5.74) is 12.9. The van der Waals surface area contributed by atoms with Crippen LogP contribution in [0.3, 0.4) is 0 Å². The summed E-state index contributed by atoms with van der Waals surface area (Å²) in [6.07, 6.45) is 6.15. The molecular formula is C26H37N7O5. The number of nitrogens with zero attached hydrogens (tertiary/aromatic N) is 2. The largest absolute Gasteiger partial charge is 0.480 e. The number of carboxylic acids is 1. The first-order valence-corrected chi connectivity index (χ1v) is 12.9. The molecule has 206 valence electrons. The van der Waals surface area contributed by atoms with Crippen molar-refractivity contribution in [2.75, 3.05) is 13.1 Å². The van der Waals surface area contributed by atoms with Gasteiger partial charge >= 0.3 is 5.97 Å². The van der Waals surface area contributed by atoms with Crippen LogP contribution in [0.25, 0.3) is 0 Å². The average molecular weight is 528 g/mol. The van der Waals surface area contributed by atoms with Gasteiger partial charge in [0, 0.05) is 31.3 Å². The van der Waals surface area contributed by atoms with Gasteiger partial charge in [-0.1, -0.05) is 36.8 Å². The number of hydrogen-bond acceptors (Lipinski definition) is 7. The second kappa shape index (κ2) is 14.2. The molecule has 0 saturated carbocycles. The van der Waals surface area contributed by atoms with E-state index in [9.17, 15) is 24.3 Å². The van der Waals surface area contributed by atoms with Gasteiger partial charge in [-0.3, -0.25) is 14.4 Å². The van der Waals surface area contributed by atoms with Crippen LogP contribution >= 0.6 is 0 Å². The number of carbonyl (C=O) groups is 4. The maximum Gasteiger partial charge on any atom is 0.326 e. The lowest BCUT2D eigenvalue weighted by molar-refractivity contribution is -0.143. The van der Waals surface area contributed by atoms with Crippen LogP contribution in [-0.2, 0) is 32.0 Å². The average Bonchev–Trinajstić information content (AvgIpc) is 3.60. The molecule has 1 aliphatic heterocycles. The molecule has 12 heteroatoms. The van der Waals surface area contributed by atoms with E-state index in [0.717, 1.165) is 12.0 Å². The Kier molecular flexibility index (Phi) is 10.8. The number of benzene rings is 1. The summed E-state index contributed by atoms with van der Waals surface area (Å²) < 4.78 is 0. The van der Waals surface area contributed by atoms with Crippen molar-refractivity contribution in [2.45, 2.75) is 69.1 Å². The van der Waals surface area contributed by atoms with Crippen molar-refractivity contribution < 1.29 is 24.3 Å². The summed E-state index contributed by atoms with van der Waals surface area (Å²) in [7, 11) is 0. The van der Waals surface area contributed by atoms with Crippen LogP contribution in [0.15, 0.2) is 42.9 Å². The highest BCUT2D eigenvalue weighted by Gasteiger charge is 2.38. The van der Waals surface area contributed by atoms with Crippen molar-refractivity contribution in [3.05, 3.63) is 54.1 Å². The second-order valence-electron chi connectivity index (χ2n) is 9.51. The number of amides is 3. The lowest BCUT2D eigenvalue weighted by atomic mass is 10.0. The van der Waals surface area contributed by atoms with Gasteiger partial charge in [-0.25, -0.2) is 9.78 Å². The lowest BCUT2D eigenvalue weighted by Crippen LogP contribution is -2.57. The predicted molar refractivity (Wildman–Crippen MR) is 140 cm³/mol. The van der Waals surface area contributed by atoms with Crippen molar-refractivity contribution in [2.24, 2.45) is 11.5 Å². The highest BCUT2D eigenvalue weighted by atomic mass is 16.4. The molecule has 3 rings (SSSR count). The topological polar surface area (TPSA) is 197 Å².